The number of fused-ring (bicyclic) bond motifs is 1. The summed E-state index contributed by atoms with van der Waals surface area (Å²) in [5, 5.41) is 3.12. The quantitative estimate of drug-likeness (QED) is 0.665. The van der Waals surface area contributed by atoms with Gasteiger partial charge in [-0.05, 0) is 50.8 Å². The Morgan fingerprint density at radius 3 is 2.76 bits per heavy atom. The van der Waals surface area contributed by atoms with Gasteiger partial charge in [-0.1, -0.05) is 0 Å². The number of aryl methyl sites for hydroxylation is 2. The summed E-state index contributed by atoms with van der Waals surface area (Å²) in [6, 6.07) is 3.64. The first kappa shape index (κ1) is 19.0. The second kappa shape index (κ2) is 7.58. The van der Waals surface area contributed by atoms with Crippen molar-refractivity contribution in [2.24, 2.45) is 0 Å². The summed E-state index contributed by atoms with van der Waals surface area (Å²) in [5.41, 5.74) is 5.20. The molecule has 7 nitrogen and oxygen atoms in total. The third-order valence-corrected chi connectivity index (χ3v) is 5.42. The Bertz CT molecular complexity index is 1090. The van der Waals surface area contributed by atoms with Crippen molar-refractivity contribution in [3.63, 3.8) is 0 Å². The SMILES string of the molecule is CC(=O)c1[nH]c(C)c(C(=O)NC2CCCc3nc(-c4cccnc4)ncc32)c1C. The number of aromatic amines is 1. The molecule has 0 radical (unpaired) electrons. The number of hydrogen-bond donors (Lipinski definition) is 2. The first-order chi connectivity index (χ1) is 14.0. The maximum Gasteiger partial charge on any atom is 0.253 e. The third kappa shape index (κ3) is 3.55. The van der Waals surface area contributed by atoms with Gasteiger partial charge >= 0.3 is 0 Å². The highest BCUT2D eigenvalue weighted by molar-refractivity contribution is 6.02. The van der Waals surface area contributed by atoms with Crippen LogP contribution >= 0.6 is 0 Å². The fraction of sp³-hybridized carbons (Fsp3) is 0.318. The first-order valence-corrected chi connectivity index (χ1v) is 9.73. The summed E-state index contributed by atoms with van der Waals surface area (Å²) in [6.07, 6.45) is 7.90. The van der Waals surface area contributed by atoms with Gasteiger partial charge in [0.1, 0.15) is 0 Å². The molecule has 1 aliphatic carbocycles. The van der Waals surface area contributed by atoms with Crippen LogP contribution in [0.25, 0.3) is 11.4 Å². The zero-order chi connectivity index (χ0) is 20.5. The van der Waals surface area contributed by atoms with Crippen LogP contribution in [0.1, 0.15) is 69.2 Å². The lowest BCUT2D eigenvalue weighted by Crippen LogP contribution is -2.32. The van der Waals surface area contributed by atoms with E-state index in [-0.39, 0.29) is 17.7 Å². The summed E-state index contributed by atoms with van der Waals surface area (Å²) in [7, 11) is 0. The molecule has 2 N–H and O–H groups in total. The van der Waals surface area contributed by atoms with Crippen LogP contribution in [0.3, 0.4) is 0 Å². The largest absolute Gasteiger partial charge is 0.355 e. The van der Waals surface area contributed by atoms with E-state index in [1.54, 1.807) is 19.3 Å². The van der Waals surface area contributed by atoms with Crippen molar-refractivity contribution < 1.29 is 9.59 Å². The summed E-state index contributed by atoms with van der Waals surface area (Å²) in [4.78, 5) is 41.2. The molecule has 0 bridgehead atoms. The number of Topliss-reactive ketones (excluding diaryl/α,β-unsaturated/α-hetero) is 1. The number of H-pyrrole nitrogens is 1. The predicted octanol–water partition coefficient (Wildman–Crippen LogP) is 3.49. The van der Waals surface area contributed by atoms with Crippen LogP contribution in [0.15, 0.2) is 30.7 Å². The minimum absolute atomic E-state index is 0.0796. The Morgan fingerprint density at radius 1 is 1.24 bits per heavy atom. The standard InChI is InChI=1S/C22H23N5O2/c1-12-19(13(2)25-20(12)14(3)28)22(29)27-18-8-4-7-17-16(18)11-24-21(26-17)15-6-5-9-23-10-15/h5-6,9-11,18,25H,4,7-8H2,1-3H3,(H,27,29). The van der Waals surface area contributed by atoms with Gasteiger partial charge in [-0.15, -0.1) is 0 Å². The molecular weight excluding hydrogens is 366 g/mol. The van der Waals surface area contributed by atoms with Crippen molar-refractivity contribution in [1.29, 1.82) is 0 Å². The molecule has 4 rings (SSSR count). The number of rotatable bonds is 4. The van der Waals surface area contributed by atoms with Crippen LogP contribution in [0.5, 0.6) is 0 Å². The highest BCUT2D eigenvalue weighted by atomic mass is 16.2. The topological polar surface area (TPSA) is 101 Å². The molecule has 29 heavy (non-hydrogen) atoms. The zero-order valence-corrected chi connectivity index (χ0v) is 16.7. The molecule has 3 heterocycles. The summed E-state index contributed by atoms with van der Waals surface area (Å²) >= 11 is 0. The number of pyridine rings is 1. The summed E-state index contributed by atoms with van der Waals surface area (Å²) < 4.78 is 0. The van der Waals surface area contributed by atoms with Gasteiger partial charge in [-0.3, -0.25) is 14.6 Å². The highest BCUT2D eigenvalue weighted by Gasteiger charge is 2.27. The fourth-order valence-corrected chi connectivity index (χ4v) is 4.00. The van der Waals surface area contributed by atoms with E-state index in [0.717, 1.165) is 36.1 Å². The minimum atomic E-state index is -0.182. The molecule has 0 saturated carbocycles. The van der Waals surface area contributed by atoms with E-state index >= 15 is 0 Å². The normalized spacial score (nSPS) is 15.6. The number of nitrogens with one attached hydrogen (secondary N) is 2. The number of carbonyl (C=O) groups excluding carboxylic acids is 2. The smallest absolute Gasteiger partial charge is 0.253 e. The van der Waals surface area contributed by atoms with E-state index in [1.165, 1.54) is 6.92 Å². The van der Waals surface area contributed by atoms with Crippen molar-refractivity contribution >= 4 is 11.7 Å². The molecule has 0 fully saturated rings. The van der Waals surface area contributed by atoms with Gasteiger partial charge in [-0.25, -0.2) is 9.97 Å². The highest BCUT2D eigenvalue weighted by Crippen LogP contribution is 2.30. The van der Waals surface area contributed by atoms with Crippen LogP contribution in [-0.2, 0) is 6.42 Å². The number of ketones is 1. The van der Waals surface area contributed by atoms with Crippen molar-refractivity contribution in [3.8, 4) is 11.4 Å². The van der Waals surface area contributed by atoms with Crippen molar-refractivity contribution in [3.05, 3.63) is 64.5 Å². The van der Waals surface area contributed by atoms with Crippen LogP contribution in [-0.4, -0.2) is 31.6 Å². The molecule has 1 amide bonds. The molecule has 148 valence electrons. The van der Waals surface area contributed by atoms with Crippen molar-refractivity contribution in [2.45, 2.75) is 46.1 Å². The Kier molecular flexibility index (Phi) is 4.96. The van der Waals surface area contributed by atoms with Gasteiger partial charge in [0.25, 0.3) is 5.91 Å². The lowest BCUT2D eigenvalue weighted by atomic mass is 9.91. The predicted molar refractivity (Wildman–Crippen MR) is 109 cm³/mol. The molecule has 0 saturated heterocycles. The Balaban J connectivity index is 1.61. The van der Waals surface area contributed by atoms with Gasteiger partial charge < -0.3 is 10.3 Å². The van der Waals surface area contributed by atoms with E-state index in [1.807, 2.05) is 25.3 Å². The second-order valence-electron chi connectivity index (χ2n) is 7.44. The molecule has 3 aromatic heterocycles. The maximum absolute atomic E-state index is 13.0. The lowest BCUT2D eigenvalue weighted by molar-refractivity contribution is 0.0931. The second-order valence-corrected chi connectivity index (χ2v) is 7.44. The molecule has 0 aromatic carbocycles. The zero-order valence-electron chi connectivity index (χ0n) is 16.7. The number of carbonyl (C=O) groups is 2. The number of hydrogen-bond acceptors (Lipinski definition) is 5. The van der Waals surface area contributed by atoms with E-state index in [0.29, 0.717) is 28.3 Å². The molecule has 3 aromatic rings. The van der Waals surface area contributed by atoms with Crippen molar-refractivity contribution in [2.75, 3.05) is 0 Å². The fourth-order valence-electron chi connectivity index (χ4n) is 4.00. The Morgan fingerprint density at radius 2 is 2.07 bits per heavy atom. The minimum Gasteiger partial charge on any atom is -0.355 e. The van der Waals surface area contributed by atoms with E-state index in [2.05, 4.69) is 20.3 Å². The van der Waals surface area contributed by atoms with Crippen LogP contribution in [0.4, 0.5) is 0 Å². The number of aromatic nitrogens is 4. The van der Waals surface area contributed by atoms with Gasteiger partial charge in [-0.2, -0.15) is 0 Å². The maximum atomic E-state index is 13.0. The van der Waals surface area contributed by atoms with Gasteiger partial charge in [0.15, 0.2) is 11.6 Å². The molecule has 0 spiro atoms. The van der Waals surface area contributed by atoms with Gasteiger partial charge in [0, 0.05) is 48.0 Å². The third-order valence-electron chi connectivity index (χ3n) is 5.42. The molecule has 1 aliphatic rings. The lowest BCUT2D eigenvalue weighted by Gasteiger charge is -2.25. The average Bonchev–Trinajstić information content (AvgIpc) is 3.03. The van der Waals surface area contributed by atoms with Gasteiger partial charge in [0.05, 0.1) is 17.3 Å². The Labute approximate surface area is 169 Å². The molecule has 1 unspecified atom stereocenters. The number of amides is 1. The molecular formula is C22H23N5O2. The first-order valence-electron chi connectivity index (χ1n) is 9.73. The Hall–Kier alpha value is -3.35. The number of nitrogens with zero attached hydrogens (tertiary/aromatic N) is 3. The van der Waals surface area contributed by atoms with Crippen LogP contribution < -0.4 is 5.32 Å². The average molecular weight is 389 g/mol. The monoisotopic (exact) mass is 389 g/mol. The van der Waals surface area contributed by atoms with Gasteiger partial charge in [0.2, 0.25) is 0 Å². The van der Waals surface area contributed by atoms with E-state index in [4.69, 9.17) is 4.98 Å². The van der Waals surface area contributed by atoms with Crippen molar-refractivity contribution in [1.82, 2.24) is 25.3 Å². The molecule has 0 aliphatic heterocycles. The van der Waals surface area contributed by atoms with E-state index in [9.17, 15) is 9.59 Å². The molecule has 1 atom stereocenters. The van der Waals surface area contributed by atoms with Crippen LogP contribution in [0.2, 0.25) is 0 Å². The van der Waals surface area contributed by atoms with E-state index < -0.39 is 0 Å². The summed E-state index contributed by atoms with van der Waals surface area (Å²) in [6.45, 7) is 5.11. The van der Waals surface area contributed by atoms with Crippen LogP contribution in [0, 0.1) is 13.8 Å². The molecule has 7 heteroatoms. The summed E-state index contributed by atoms with van der Waals surface area (Å²) in [5.74, 6) is 0.383.